The molecular formula is C23H35N5O2. The number of nitrogens with one attached hydrogen (secondary N) is 1. The van der Waals surface area contributed by atoms with Gasteiger partial charge in [0.2, 0.25) is 5.88 Å². The fraction of sp³-hybridized carbons (Fsp3) is 0.652. The Kier molecular flexibility index (Phi) is 6.89. The highest BCUT2D eigenvalue weighted by Crippen LogP contribution is 2.29. The molecule has 2 aromatic rings. The average Bonchev–Trinajstić information content (AvgIpc) is 3.37. The van der Waals surface area contributed by atoms with Crippen molar-refractivity contribution >= 4 is 5.82 Å². The number of hydrogen-bond acceptors (Lipinski definition) is 6. The molecule has 3 heterocycles. The van der Waals surface area contributed by atoms with Crippen molar-refractivity contribution in [1.29, 1.82) is 0 Å². The molecule has 30 heavy (non-hydrogen) atoms. The summed E-state index contributed by atoms with van der Waals surface area (Å²) in [5.41, 5.74) is 3.57. The zero-order chi connectivity index (χ0) is 20.9. The fourth-order valence-corrected chi connectivity index (χ4v) is 4.53. The molecule has 4 rings (SSSR count). The molecule has 1 N–H and O–H groups in total. The summed E-state index contributed by atoms with van der Waals surface area (Å²) in [4.78, 5) is 6.91. The smallest absolute Gasteiger partial charge is 0.218 e. The molecule has 1 saturated carbocycles. The van der Waals surface area contributed by atoms with Crippen LogP contribution in [0.15, 0.2) is 18.3 Å². The number of hydrogen-bond donors (Lipinski definition) is 1. The lowest BCUT2D eigenvalue weighted by atomic mass is 10.0. The quantitative estimate of drug-likeness (QED) is 0.716. The summed E-state index contributed by atoms with van der Waals surface area (Å²) < 4.78 is 13.8. The second-order valence-corrected chi connectivity index (χ2v) is 8.66. The third-order valence-electron chi connectivity index (χ3n) is 6.05. The molecule has 2 aromatic heterocycles. The van der Waals surface area contributed by atoms with Gasteiger partial charge >= 0.3 is 0 Å². The van der Waals surface area contributed by atoms with Crippen LogP contribution >= 0.6 is 0 Å². The molecule has 164 valence electrons. The monoisotopic (exact) mass is 413 g/mol. The molecule has 7 nitrogen and oxygen atoms in total. The highest BCUT2D eigenvalue weighted by atomic mass is 16.5. The van der Waals surface area contributed by atoms with Crippen molar-refractivity contribution in [3.05, 3.63) is 35.2 Å². The number of rotatable bonds is 8. The lowest BCUT2D eigenvalue weighted by Gasteiger charge is -2.29. The number of aromatic nitrogens is 3. The molecule has 0 spiro atoms. The van der Waals surface area contributed by atoms with E-state index < -0.39 is 0 Å². The lowest BCUT2D eigenvalue weighted by molar-refractivity contribution is 0.122. The van der Waals surface area contributed by atoms with Crippen molar-refractivity contribution in [2.24, 2.45) is 7.05 Å². The molecule has 2 fully saturated rings. The molecule has 2 aliphatic rings. The van der Waals surface area contributed by atoms with Crippen molar-refractivity contribution in [2.75, 3.05) is 31.2 Å². The van der Waals surface area contributed by atoms with Crippen LogP contribution < -0.4 is 15.0 Å². The molecule has 0 amide bonds. The van der Waals surface area contributed by atoms with E-state index in [4.69, 9.17) is 14.6 Å². The molecule has 0 atom stereocenters. The molecule has 1 aliphatic carbocycles. The molecule has 0 unspecified atom stereocenters. The van der Waals surface area contributed by atoms with Gasteiger partial charge in [0.25, 0.3) is 0 Å². The Labute approximate surface area is 179 Å². The number of ether oxygens (including phenoxy) is 2. The maximum atomic E-state index is 6.20. The Bertz CT molecular complexity index is 823. The van der Waals surface area contributed by atoms with E-state index in [-0.39, 0.29) is 0 Å². The highest BCUT2D eigenvalue weighted by Gasteiger charge is 2.24. The summed E-state index contributed by atoms with van der Waals surface area (Å²) >= 11 is 0. The Morgan fingerprint density at radius 1 is 1.20 bits per heavy atom. The van der Waals surface area contributed by atoms with Gasteiger partial charge in [-0.05, 0) is 37.7 Å². The summed E-state index contributed by atoms with van der Waals surface area (Å²) in [6, 6.07) is 4.10. The second-order valence-electron chi connectivity index (χ2n) is 8.66. The van der Waals surface area contributed by atoms with E-state index in [1.807, 2.05) is 16.9 Å². The standard InChI is InChI=1S/C23H35N5O2/c1-17(2)21-20(23(27(3)26-21)28-11-13-29-14-12-28)16-24-15-18-7-6-10-25-22(18)30-19-8-4-5-9-19/h6-7,10,17,19,24H,4-5,8-9,11-16H2,1-3H3. The van der Waals surface area contributed by atoms with Crippen LogP contribution in [0.5, 0.6) is 5.88 Å². The number of aryl methyl sites for hydroxylation is 1. The first kappa shape index (κ1) is 21.1. The minimum absolute atomic E-state index is 0.317. The molecule has 0 aromatic carbocycles. The molecule has 1 aliphatic heterocycles. The molecule has 0 bridgehead atoms. The van der Waals surface area contributed by atoms with E-state index in [0.29, 0.717) is 12.0 Å². The lowest BCUT2D eigenvalue weighted by Crippen LogP contribution is -2.38. The Hall–Kier alpha value is -2.12. The Balaban J connectivity index is 1.47. The zero-order valence-corrected chi connectivity index (χ0v) is 18.6. The maximum absolute atomic E-state index is 6.20. The Morgan fingerprint density at radius 3 is 2.70 bits per heavy atom. The van der Waals surface area contributed by atoms with E-state index in [2.05, 4.69) is 42.2 Å². The van der Waals surface area contributed by atoms with E-state index in [0.717, 1.165) is 63.7 Å². The van der Waals surface area contributed by atoms with Crippen molar-refractivity contribution < 1.29 is 9.47 Å². The first-order chi connectivity index (χ1) is 14.6. The maximum Gasteiger partial charge on any atom is 0.218 e. The summed E-state index contributed by atoms with van der Waals surface area (Å²) in [5.74, 6) is 2.37. The molecular weight excluding hydrogens is 378 g/mol. The number of nitrogens with zero attached hydrogens (tertiary/aromatic N) is 4. The number of anilines is 1. The van der Waals surface area contributed by atoms with Gasteiger partial charge in [-0.15, -0.1) is 0 Å². The van der Waals surface area contributed by atoms with Gasteiger partial charge in [0, 0.05) is 50.6 Å². The van der Waals surface area contributed by atoms with Crippen LogP contribution in [0.2, 0.25) is 0 Å². The minimum Gasteiger partial charge on any atom is -0.474 e. The third kappa shape index (κ3) is 4.78. The number of pyridine rings is 1. The van der Waals surface area contributed by atoms with Crippen LogP contribution in [-0.2, 0) is 24.9 Å². The van der Waals surface area contributed by atoms with Gasteiger partial charge in [0.05, 0.1) is 18.9 Å². The summed E-state index contributed by atoms with van der Waals surface area (Å²) in [6.07, 6.45) is 6.93. The average molecular weight is 414 g/mol. The van der Waals surface area contributed by atoms with Gasteiger partial charge in [0.15, 0.2) is 0 Å². The van der Waals surface area contributed by atoms with Crippen LogP contribution in [0.1, 0.15) is 62.3 Å². The predicted molar refractivity (Wildman–Crippen MR) is 118 cm³/mol. The third-order valence-corrected chi connectivity index (χ3v) is 6.05. The van der Waals surface area contributed by atoms with E-state index >= 15 is 0 Å². The molecule has 0 radical (unpaired) electrons. The van der Waals surface area contributed by atoms with Gasteiger partial charge < -0.3 is 19.7 Å². The highest BCUT2D eigenvalue weighted by molar-refractivity contribution is 5.51. The van der Waals surface area contributed by atoms with Gasteiger partial charge in [-0.1, -0.05) is 19.9 Å². The van der Waals surface area contributed by atoms with Crippen molar-refractivity contribution in [3.8, 4) is 5.88 Å². The van der Waals surface area contributed by atoms with Gasteiger partial charge in [0.1, 0.15) is 11.9 Å². The van der Waals surface area contributed by atoms with E-state index in [9.17, 15) is 0 Å². The van der Waals surface area contributed by atoms with Crippen LogP contribution in [0, 0.1) is 0 Å². The first-order valence-corrected chi connectivity index (χ1v) is 11.3. The van der Waals surface area contributed by atoms with Crippen LogP contribution in [-0.4, -0.2) is 47.2 Å². The van der Waals surface area contributed by atoms with E-state index in [1.165, 1.54) is 29.9 Å². The van der Waals surface area contributed by atoms with Crippen molar-refractivity contribution in [3.63, 3.8) is 0 Å². The number of morpholine rings is 1. The largest absolute Gasteiger partial charge is 0.474 e. The van der Waals surface area contributed by atoms with E-state index in [1.54, 1.807) is 0 Å². The molecule has 7 heteroatoms. The van der Waals surface area contributed by atoms with Crippen LogP contribution in [0.4, 0.5) is 5.82 Å². The van der Waals surface area contributed by atoms with Crippen molar-refractivity contribution in [2.45, 2.75) is 64.6 Å². The predicted octanol–water partition coefficient (Wildman–Crippen LogP) is 3.39. The fourth-order valence-electron chi connectivity index (χ4n) is 4.53. The summed E-state index contributed by atoms with van der Waals surface area (Å²) in [7, 11) is 2.05. The van der Waals surface area contributed by atoms with Crippen LogP contribution in [0.3, 0.4) is 0 Å². The topological polar surface area (TPSA) is 64.4 Å². The zero-order valence-electron chi connectivity index (χ0n) is 18.6. The minimum atomic E-state index is 0.317. The normalized spacial score (nSPS) is 17.8. The van der Waals surface area contributed by atoms with Gasteiger partial charge in [-0.2, -0.15) is 5.10 Å². The summed E-state index contributed by atoms with van der Waals surface area (Å²) in [6.45, 7) is 9.28. The second kappa shape index (κ2) is 9.79. The summed E-state index contributed by atoms with van der Waals surface area (Å²) in [5, 5.41) is 8.49. The van der Waals surface area contributed by atoms with Crippen LogP contribution in [0.25, 0.3) is 0 Å². The van der Waals surface area contributed by atoms with Gasteiger partial charge in [-0.3, -0.25) is 4.68 Å². The first-order valence-electron chi connectivity index (χ1n) is 11.3. The van der Waals surface area contributed by atoms with Gasteiger partial charge in [-0.25, -0.2) is 4.98 Å². The molecule has 1 saturated heterocycles. The SMILES string of the molecule is CC(C)c1nn(C)c(N2CCOCC2)c1CNCc1cccnc1OC1CCCC1. The van der Waals surface area contributed by atoms with Crippen molar-refractivity contribution in [1.82, 2.24) is 20.1 Å². The Morgan fingerprint density at radius 2 is 1.97 bits per heavy atom.